The molecule has 0 radical (unpaired) electrons. The summed E-state index contributed by atoms with van der Waals surface area (Å²) in [4.78, 5) is 14.9. The number of amides is 1. The molecule has 0 bridgehead atoms. The van der Waals surface area contributed by atoms with Gasteiger partial charge in [-0.2, -0.15) is 0 Å². The lowest BCUT2D eigenvalue weighted by Gasteiger charge is -2.30. The number of carbonyl (C=O) groups excluding carboxylic acids is 1. The number of thiophene rings is 1. The lowest BCUT2D eigenvalue weighted by molar-refractivity contribution is 0.0226. The molecule has 0 spiro atoms. The molecular formula is C19H32N2O3S. The van der Waals surface area contributed by atoms with Crippen LogP contribution >= 0.6 is 11.3 Å². The molecule has 2 rings (SSSR count). The fraction of sp³-hybridized carbons (Fsp3) is 0.579. The maximum Gasteiger partial charge on any atom is 0.410 e. The Morgan fingerprint density at radius 3 is 2.48 bits per heavy atom. The van der Waals surface area contributed by atoms with E-state index in [0.29, 0.717) is 19.7 Å². The summed E-state index contributed by atoms with van der Waals surface area (Å²) in [6.45, 7) is 19.1. The summed E-state index contributed by atoms with van der Waals surface area (Å²) in [6.07, 6.45) is 0.464. The first-order valence-electron chi connectivity index (χ1n) is 8.60. The highest BCUT2D eigenvalue weighted by Gasteiger charge is 2.28. The Bertz CT molecular complexity index is 562. The van der Waals surface area contributed by atoms with Gasteiger partial charge in [0.15, 0.2) is 0 Å². The number of hydrogen-bond donors (Lipinski definition) is 1. The molecule has 142 valence electrons. The Hall–Kier alpha value is -1.82. The number of carbonyl (C=O) groups is 1. The van der Waals surface area contributed by atoms with Crippen molar-refractivity contribution in [1.29, 1.82) is 5.41 Å². The second-order valence-electron chi connectivity index (χ2n) is 5.97. The molecule has 5 nitrogen and oxygen atoms in total. The van der Waals surface area contributed by atoms with E-state index in [1.165, 1.54) is 0 Å². The Balaban J connectivity index is 0.00000134. The van der Waals surface area contributed by atoms with E-state index in [0.717, 1.165) is 22.4 Å². The Morgan fingerprint density at radius 1 is 1.36 bits per heavy atom. The van der Waals surface area contributed by atoms with Crippen LogP contribution in [0.2, 0.25) is 0 Å². The molecule has 1 aromatic heterocycles. The zero-order chi connectivity index (χ0) is 19.6. The molecule has 0 aromatic carbocycles. The average molecular weight is 369 g/mol. The van der Waals surface area contributed by atoms with Crippen LogP contribution < -0.4 is 0 Å². The van der Waals surface area contributed by atoms with E-state index < -0.39 is 5.60 Å². The van der Waals surface area contributed by atoms with E-state index in [4.69, 9.17) is 14.9 Å². The van der Waals surface area contributed by atoms with Crippen molar-refractivity contribution in [3.63, 3.8) is 0 Å². The lowest BCUT2D eigenvalue weighted by atomic mass is 10.0. The first kappa shape index (κ1) is 23.2. The van der Waals surface area contributed by atoms with Gasteiger partial charge in [0.2, 0.25) is 5.90 Å². The predicted octanol–water partition coefficient (Wildman–Crippen LogP) is 5.23. The van der Waals surface area contributed by atoms with Gasteiger partial charge in [-0.15, -0.1) is 24.5 Å². The van der Waals surface area contributed by atoms with Crippen molar-refractivity contribution < 1.29 is 14.3 Å². The second kappa shape index (κ2) is 10.9. The molecule has 25 heavy (non-hydrogen) atoms. The van der Waals surface area contributed by atoms with Gasteiger partial charge in [0.05, 0.1) is 18.7 Å². The first-order valence-corrected chi connectivity index (χ1v) is 9.48. The molecule has 1 aromatic rings. The summed E-state index contributed by atoms with van der Waals surface area (Å²) in [6, 6.07) is 0. The second-order valence-corrected chi connectivity index (χ2v) is 6.93. The van der Waals surface area contributed by atoms with Gasteiger partial charge in [-0.3, -0.25) is 5.41 Å². The van der Waals surface area contributed by atoms with E-state index >= 15 is 0 Å². The van der Waals surface area contributed by atoms with Crippen molar-refractivity contribution in [1.82, 2.24) is 4.90 Å². The van der Waals surface area contributed by atoms with Crippen LogP contribution in [-0.2, 0) is 22.4 Å². The summed E-state index contributed by atoms with van der Waals surface area (Å²) in [5, 5.41) is 9.86. The maximum atomic E-state index is 12.1. The van der Waals surface area contributed by atoms with Crippen molar-refractivity contribution in [2.75, 3.05) is 13.2 Å². The van der Waals surface area contributed by atoms with E-state index in [1.807, 2.05) is 46.9 Å². The fourth-order valence-electron chi connectivity index (χ4n) is 2.22. The molecule has 0 unspecified atom stereocenters. The molecule has 1 amide bonds. The third kappa shape index (κ3) is 6.90. The molecule has 2 heterocycles. The van der Waals surface area contributed by atoms with Gasteiger partial charge < -0.3 is 14.4 Å². The van der Waals surface area contributed by atoms with Gasteiger partial charge >= 0.3 is 6.09 Å². The minimum absolute atomic E-state index is 0.223. The van der Waals surface area contributed by atoms with Crippen LogP contribution in [0.4, 0.5) is 4.79 Å². The smallest absolute Gasteiger partial charge is 0.410 e. The summed E-state index contributed by atoms with van der Waals surface area (Å²) >= 11 is 1.58. The molecule has 0 aliphatic carbocycles. The number of rotatable bonds is 2. The van der Waals surface area contributed by atoms with Gasteiger partial charge in [-0.25, -0.2) is 4.79 Å². The van der Waals surface area contributed by atoms with Gasteiger partial charge in [-0.05, 0) is 39.7 Å². The summed E-state index contributed by atoms with van der Waals surface area (Å²) in [7, 11) is 0. The monoisotopic (exact) mass is 368 g/mol. The van der Waals surface area contributed by atoms with Gasteiger partial charge in [-0.1, -0.05) is 13.8 Å². The molecule has 0 saturated carbocycles. The molecule has 0 saturated heterocycles. The first-order chi connectivity index (χ1) is 11.8. The minimum Gasteiger partial charge on any atom is -0.478 e. The maximum absolute atomic E-state index is 12.1. The molecule has 0 fully saturated rings. The molecular weight excluding hydrogens is 336 g/mol. The van der Waals surface area contributed by atoms with Gasteiger partial charge in [0, 0.05) is 16.8 Å². The quantitative estimate of drug-likeness (QED) is 0.441. The fourth-order valence-corrected chi connectivity index (χ4v) is 3.32. The van der Waals surface area contributed by atoms with Crippen molar-refractivity contribution in [3.8, 4) is 0 Å². The molecule has 6 heteroatoms. The predicted molar refractivity (Wildman–Crippen MR) is 106 cm³/mol. The number of hydrogen-bond acceptors (Lipinski definition) is 5. The number of nitrogens with one attached hydrogen (secondary N) is 1. The third-order valence-corrected chi connectivity index (χ3v) is 4.15. The Labute approximate surface area is 156 Å². The molecule has 0 atom stereocenters. The molecule has 1 aliphatic heterocycles. The van der Waals surface area contributed by atoms with E-state index in [9.17, 15) is 4.79 Å². The minimum atomic E-state index is -0.477. The lowest BCUT2D eigenvalue weighted by Crippen LogP contribution is -2.39. The zero-order valence-electron chi connectivity index (χ0n) is 16.4. The van der Waals surface area contributed by atoms with Crippen LogP contribution in [0.5, 0.6) is 0 Å². The number of fused-ring (bicyclic) bond motifs is 1. The highest BCUT2D eigenvalue weighted by molar-refractivity contribution is 7.10. The summed E-state index contributed by atoms with van der Waals surface area (Å²) in [5.41, 5.74) is 1.52. The largest absolute Gasteiger partial charge is 0.478 e. The zero-order valence-corrected chi connectivity index (χ0v) is 17.2. The molecule has 1 aliphatic rings. The van der Waals surface area contributed by atoms with Crippen molar-refractivity contribution in [2.45, 2.75) is 60.1 Å². The van der Waals surface area contributed by atoms with Crippen molar-refractivity contribution >= 4 is 23.3 Å². The number of nitrogens with zero attached hydrogens (tertiary/aromatic N) is 1. The van der Waals surface area contributed by atoms with E-state index in [2.05, 4.69) is 13.2 Å². The van der Waals surface area contributed by atoms with Gasteiger partial charge in [0.25, 0.3) is 0 Å². The average Bonchev–Trinajstić information content (AvgIpc) is 3.00. The van der Waals surface area contributed by atoms with E-state index in [-0.39, 0.29) is 12.0 Å². The SMILES string of the molecule is C=C.CC.CCOC(=N)c1csc2c1CCN(C(=O)OC(C)(C)C)C2. The third-order valence-electron chi connectivity index (χ3n) is 3.13. The van der Waals surface area contributed by atoms with Crippen LogP contribution in [0.3, 0.4) is 0 Å². The van der Waals surface area contributed by atoms with Crippen molar-refractivity contribution in [2.24, 2.45) is 0 Å². The highest BCUT2D eigenvalue weighted by Crippen LogP contribution is 2.30. The van der Waals surface area contributed by atoms with Gasteiger partial charge in [0.1, 0.15) is 5.60 Å². The molecule has 1 N–H and O–H groups in total. The van der Waals surface area contributed by atoms with E-state index in [1.54, 1.807) is 16.2 Å². The Morgan fingerprint density at radius 2 is 1.96 bits per heavy atom. The van der Waals surface area contributed by atoms with Crippen LogP contribution in [0.25, 0.3) is 0 Å². The summed E-state index contributed by atoms with van der Waals surface area (Å²) < 4.78 is 10.7. The topological polar surface area (TPSA) is 62.6 Å². The standard InChI is InChI=1S/C15H22N2O3S.C2H6.C2H4/c1-5-19-13(16)11-9-21-12-8-17(7-6-10(11)12)14(18)20-15(2,3)4;2*1-2/h9,16H,5-8H2,1-4H3;1-2H3;1-2H2. The normalized spacial score (nSPS) is 12.6. The number of ether oxygens (including phenoxy) is 2. The van der Waals surface area contributed by atoms with Crippen LogP contribution in [0.1, 0.15) is 57.5 Å². The summed E-state index contributed by atoms with van der Waals surface area (Å²) in [5.74, 6) is 0.223. The Kier molecular flexibility index (Phi) is 10.1. The van der Waals surface area contributed by atoms with Crippen LogP contribution in [0, 0.1) is 5.41 Å². The van der Waals surface area contributed by atoms with Crippen LogP contribution in [0.15, 0.2) is 18.5 Å². The van der Waals surface area contributed by atoms with Crippen molar-refractivity contribution in [3.05, 3.63) is 34.5 Å². The van der Waals surface area contributed by atoms with Crippen LogP contribution in [-0.4, -0.2) is 35.6 Å². The highest BCUT2D eigenvalue weighted by atomic mass is 32.1.